The van der Waals surface area contributed by atoms with Crippen molar-refractivity contribution in [2.45, 2.75) is 31.3 Å². The van der Waals surface area contributed by atoms with Crippen LogP contribution in [0.2, 0.25) is 0 Å². The van der Waals surface area contributed by atoms with E-state index >= 15 is 0 Å². The standard InChI is InChI=1S/C23H26N2O3/c1-28-17-4-2-3-15(11-17)16-7-8-20-19(12-16)22-18(21(13-26)24-20)9-10-25(22)23(27)14-5-6-14/h2-4,7-8,11-12,14,18,21-22,24,26H,5-6,9-10,13H2,1H3/t18-,21+,22-/m1/s1. The summed E-state index contributed by atoms with van der Waals surface area (Å²) in [5, 5.41) is 13.4. The van der Waals surface area contributed by atoms with Gasteiger partial charge in [-0.25, -0.2) is 0 Å². The number of fused-ring (bicyclic) bond motifs is 3. The van der Waals surface area contributed by atoms with E-state index in [1.165, 1.54) is 5.56 Å². The molecule has 1 amide bonds. The zero-order valence-electron chi connectivity index (χ0n) is 16.1. The van der Waals surface area contributed by atoms with E-state index < -0.39 is 0 Å². The Morgan fingerprint density at radius 1 is 1.18 bits per heavy atom. The van der Waals surface area contributed by atoms with Gasteiger partial charge in [-0.3, -0.25) is 4.79 Å². The molecule has 1 saturated heterocycles. The van der Waals surface area contributed by atoms with Gasteiger partial charge in [-0.2, -0.15) is 0 Å². The summed E-state index contributed by atoms with van der Waals surface area (Å²) >= 11 is 0. The average molecular weight is 378 g/mol. The van der Waals surface area contributed by atoms with Crippen LogP contribution in [0.5, 0.6) is 5.75 Å². The predicted octanol–water partition coefficient (Wildman–Crippen LogP) is 3.45. The third-order valence-electron chi connectivity index (χ3n) is 6.48. The lowest BCUT2D eigenvalue weighted by Crippen LogP contribution is -2.43. The number of hydrogen-bond donors (Lipinski definition) is 2. The molecule has 1 aliphatic carbocycles. The number of carbonyl (C=O) groups is 1. The summed E-state index contributed by atoms with van der Waals surface area (Å²) in [6, 6.07) is 14.5. The molecule has 0 bridgehead atoms. The molecule has 2 fully saturated rings. The number of carbonyl (C=O) groups excluding carboxylic acids is 1. The number of nitrogens with one attached hydrogen (secondary N) is 1. The minimum atomic E-state index is -0.00262. The molecular weight excluding hydrogens is 352 g/mol. The largest absolute Gasteiger partial charge is 0.497 e. The quantitative estimate of drug-likeness (QED) is 0.856. The van der Waals surface area contributed by atoms with Crippen molar-refractivity contribution in [3.8, 4) is 16.9 Å². The molecule has 2 aromatic rings. The van der Waals surface area contributed by atoms with Crippen LogP contribution in [0.1, 0.15) is 30.9 Å². The molecule has 0 radical (unpaired) electrons. The Balaban J connectivity index is 1.57. The Kier molecular flexibility index (Phi) is 4.27. The molecule has 0 unspecified atom stereocenters. The number of rotatable bonds is 4. The molecule has 5 rings (SSSR count). The van der Waals surface area contributed by atoms with Gasteiger partial charge in [0.1, 0.15) is 5.75 Å². The lowest BCUT2D eigenvalue weighted by atomic mass is 9.82. The highest BCUT2D eigenvalue weighted by molar-refractivity contribution is 5.83. The molecule has 2 aromatic carbocycles. The van der Waals surface area contributed by atoms with Crippen LogP contribution in [0, 0.1) is 11.8 Å². The normalized spacial score (nSPS) is 25.6. The third-order valence-corrected chi connectivity index (χ3v) is 6.48. The molecule has 2 N–H and O–H groups in total. The summed E-state index contributed by atoms with van der Waals surface area (Å²) in [7, 11) is 1.68. The Morgan fingerprint density at radius 3 is 2.75 bits per heavy atom. The number of likely N-dealkylation sites (tertiary alicyclic amines) is 1. The second-order valence-corrected chi connectivity index (χ2v) is 8.17. The molecule has 5 nitrogen and oxygen atoms in total. The maximum Gasteiger partial charge on any atom is 0.226 e. The Morgan fingerprint density at radius 2 is 2.00 bits per heavy atom. The highest BCUT2D eigenvalue weighted by Crippen LogP contribution is 2.49. The number of aliphatic hydroxyl groups excluding tert-OH is 1. The number of hydrogen-bond acceptors (Lipinski definition) is 4. The van der Waals surface area contributed by atoms with Crippen LogP contribution in [0.4, 0.5) is 5.69 Å². The Bertz CT molecular complexity index is 908. The fourth-order valence-electron chi connectivity index (χ4n) is 4.86. The zero-order chi connectivity index (χ0) is 19.3. The minimum absolute atomic E-state index is 0.00262. The maximum atomic E-state index is 12.9. The Labute approximate surface area is 165 Å². The van der Waals surface area contributed by atoms with Crippen LogP contribution in [-0.2, 0) is 4.79 Å². The summed E-state index contributed by atoms with van der Waals surface area (Å²) < 4.78 is 5.38. The first-order chi connectivity index (χ1) is 13.7. The van der Waals surface area contributed by atoms with E-state index in [9.17, 15) is 9.90 Å². The van der Waals surface area contributed by atoms with Gasteiger partial charge in [0.2, 0.25) is 5.91 Å². The number of benzene rings is 2. The molecule has 0 spiro atoms. The first-order valence-electron chi connectivity index (χ1n) is 10.2. The molecule has 3 atom stereocenters. The fraction of sp³-hybridized carbons (Fsp3) is 0.435. The molecule has 0 aromatic heterocycles. The van der Waals surface area contributed by atoms with Crippen LogP contribution in [0.3, 0.4) is 0 Å². The minimum Gasteiger partial charge on any atom is -0.497 e. The van der Waals surface area contributed by atoms with E-state index in [0.29, 0.717) is 5.91 Å². The van der Waals surface area contributed by atoms with Gasteiger partial charge in [-0.15, -0.1) is 0 Å². The number of nitrogens with zero attached hydrogens (tertiary/aromatic N) is 1. The van der Waals surface area contributed by atoms with Crippen LogP contribution in [0.15, 0.2) is 42.5 Å². The topological polar surface area (TPSA) is 61.8 Å². The van der Waals surface area contributed by atoms with Gasteiger partial charge in [-0.05, 0) is 60.2 Å². The summed E-state index contributed by atoms with van der Waals surface area (Å²) in [6.07, 6.45) is 2.97. The van der Waals surface area contributed by atoms with Crippen molar-refractivity contribution in [2.75, 3.05) is 25.6 Å². The zero-order valence-corrected chi connectivity index (χ0v) is 16.1. The van der Waals surface area contributed by atoms with Crippen molar-refractivity contribution in [2.24, 2.45) is 11.8 Å². The lowest BCUT2D eigenvalue weighted by molar-refractivity contribution is -0.134. The maximum absolute atomic E-state index is 12.9. The summed E-state index contributed by atoms with van der Waals surface area (Å²) in [5.41, 5.74) is 4.41. The second kappa shape index (κ2) is 6.82. The summed E-state index contributed by atoms with van der Waals surface area (Å²) in [5.74, 6) is 1.59. The van der Waals surface area contributed by atoms with E-state index in [2.05, 4.69) is 34.5 Å². The van der Waals surface area contributed by atoms with Gasteiger partial charge in [0, 0.05) is 24.1 Å². The molecule has 2 aliphatic heterocycles. The van der Waals surface area contributed by atoms with Gasteiger partial charge in [0.05, 0.1) is 25.8 Å². The molecule has 3 aliphatic rings. The number of aliphatic hydroxyl groups is 1. The number of amides is 1. The number of anilines is 1. The summed E-state index contributed by atoms with van der Waals surface area (Å²) in [4.78, 5) is 15.0. The average Bonchev–Trinajstić information content (AvgIpc) is 3.50. The first kappa shape index (κ1) is 17.6. The van der Waals surface area contributed by atoms with Gasteiger partial charge in [0.15, 0.2) is 0 Å². The van der Waals surface area contributed by atoms with E-state index in [-0.39, 0.29) is 30.5 Å². The molecule has 2 heterocycles. The lowest BCUT2D eigenvalue weighted by Gasteiger charge is -2.39. The van der Waals surface area contributed by atoms with E-state index in [0.717, 1.165) is 48.4 Å². The van der Waals surface area contributed by atoms with Gasteiger partial charge in [0.25, 0.3) is 0 Å². The SMILES string of the molecule is COc1cccc(-c2ccc3c(c2)[C@H]2[C@H](CCN2C(=O)C2CC2)[C@H](CO)N3)c1. The fourth-order valence-corrected chi connectivity index (χ4v) is 4.86. The van der Waals surface area contributed by atoms with Crippen molar-refractivity contribution in [1.29, 1.82) is 0 Å². The van der Waals surface area contributed by atoms with E-state index in [4.69, 9.17) is 4.74 Å². The van der Waals surface area contributed by atoms with Gasteiger partial charge >= 0.3 is 0 Å². The Hall–Kier alpha value is -2.53. The van der Waals surface area contributed by atoms with Gasteiger partial charge in [-0.1, -0.05) is 18.2 Å². The van der Waals surface area contributed by atoms with Crippen molar-refractivity contribution < 1.29 is 14.6 Å². The first-order valence-corrected chi connectivity index (χ1v) is 10.2. The van der Waals surface area contributed by atoms with E-state index in [1.807, 2.05) is 18.2 Å². The summed E-state index contributed by atoms with van der Waals surface area (Å²) in [6.45, 7) is 0.870. The number of methoxy groups -OCH3 is 1. The van der Waals surface area contributed by atoms with Crippen molar-refractivity contribution in [3.05, 3.63) is 48.0 Å². The van der Waals surface area contributed by atoms with Crippen molar-refractivity contribution in [1.82, 2.24) is 4.90 Å². The van der Waals surface area contributed by atoms with Crippen molar-refractivity contribution >= 4 is 11.6 Å². The number of ether oxygens (including phenoxy) is 1. The molecule has 28 heavy (non-hydrogen) atoms. The highest BCUT2D eigenvalue weighted by Gasteiger charge is 2.48. The molecular formula is C23H26N2O3. The van der Waals surface area contributed by atoms with E-state index in [1.54, 1.807) is 7.11 Å². The molecule has 1 saturated carbocycles. The molecule has 146 valence electrons. The van der Waals surface area contributed by atoms with Crippen LogP contribution >= 0.6 is 0 Å². The van der Waals surface area contributed by atoms with Crippen molar-refractivity contribution in [3.63, 3.8) is 0 Å². The van der Waals surface area contributed by atoms with Gasteiger partial charge < -0.3 is 20.1 Å². The smallest absolute Gasteiger partial charge is 0.226 e. The monoisotopic (exact) mass is 378 g/mol. The second-order valence-electron chi connectivity index (χ2n) is 8.17. The van der Waals surface area contributed by atoms with Crippen LogP contribution < -0.4 is 10.1 Å². The third kappa shape index (κ3) is 2.85. The predicted molar refractivity (Wildman–Crippen MR) is 108 cm³/mol. The van der Waals surface area contributed by atoms with Crippen LogP contribution in [0.25, 0.3) is 11.1 Å². The molecule has 5 heteroatoms. The highest BCUT2D eigenvalue weighted by atomic mass is 16.5. The van der Waals surface area contributed by atoms with Crippen LogP contribution in [-0.4, -0.2) is 42.2 Å².